The van der Waals surface area contributed by atoms with Crippen LogP contribution in [0, 0.1) is 23.2 Å². The molecule has 5 aliphatic rings. The van der Waals surface area contributed by atoms with Gasteiger partial charge in [-0.15, -0.1) is 0 Å². The van der Waals surface area contributed by atoms with Gasteiger partial charge < -0.3 is 15.4 Å². The lowest BCUT2D eigenvalue weighted by molar-refractivity contribution is -0.0130. The molecule has 1 aromatic heterocycles. The summed E-state index contributed by atoms with van der Waals surface area (Å²) in [7, 11) is 1.75. The summed E-state index contributed by atoms with van der Waals surface area (Å²) in [5.41, 5.74) is 7.35. The molecule has 3 aromatic rings. The summed E-state index contributed by atoms with van der Waals surface area (Å²) in [5.74, 6) is 4.91. The number of hydrogen-bond donors (Lipinski definition) is 2. The van der Waals surface area contributed by atoms with E-state index in [-0.39, 0.29) is 16.9 Å². The van der Waals surface area contributed by atoms with E-state index in [1.54, 1.807) is 18.2 Å². The van der Waals surface area contributed by atoms with Gasteiger partial charge in [0.2, 0.25) is 0 Å². The second-order valence-corrected chi connectivity index (χ2v) is 18.0. The number of thiocarbonyl (C=S) groups is 1. The summed E-state index contributed by atoms with van der Waals surface area (Å²) in [6.45, 7) is 13.0. The Morgan fingerprint density at radius 1 is 1.12 bits per heavy atom. The molecule has 8 atom stereocenters. The lowest BCUT2D eigenvalue weighted by atomic mass is 9.49. The molecule has 49 heavy (non-hydrogen) atoms. The summed E-state index contributed by atoms with van der Waals surface area (Å²) >= 11 is 8.23. The summed E-state index contributed by atoms with van der Waals surface area (Å²) in [5, 5.41) is 9.73. The molecule has 5 nitrogen and oxygen atoms in total. The Morgan fingerprint density at radius 3 is 2.73 bits per heavy atom. The van der Waals surface area contributed by atoms with Crippen LogP contribution in [0.4, 0.5) is 0 Å². The Balaban J connectivity index is 1.13. The van der Waals surface area contributed by atoms with Gasteiger partial charge in [-0.2, -0.15) is 11.8 Å². The Hall–Kier alpha value is -2.35. The first-order chi connectivity index (χ1) is 23.6. The van der Waals surface area contributed by atoms with Crippen molar-refractivity contribution in [2.75, 3.05) is 38.8 Å². The smallest absolute Gasteiger partial charge is 0.166 e. The van der Waals surface area contributed by atoms with Gasteiger partial charge in [-0.1, -0.05) is 52.3 Å². The molecule has 3 aliphatic heterocycles. The lowest BCUT2D eigenvalue weighted by Gasteiger charge is -2.56. The van der Waals surface area contributed by atoms with Crippen LogP contribution in [0.3, 0.4) is 0 Å². The molecular formula is C42H58N4OS2. The molecule has 0 radical (unpaired) electrons. The van der Waals surface area contributed by atoms with Crippen molar-refractivity contribution in [3.63, 3.8) is 0 Å². The Labute approximate surface area is 305 Å². The topological polar surface area (TPSA) is 49.4 Å². The maximum Gasteiger partial charge on any atom is 0.166 e. The molecule has 3 saturated heterocycles. The van der Waals surface area contributed by atoms with Gasteiger partial charge in [-0.3, -0.25) is 9.88 Å². The number of hydrogen-bond acceptors (Lipinski definition) is 5. The standard InChI is InChI=1S/C42H58N4OS2/c1-27(2)28-8-11-35-30(22-28)9-13-38-41(3,17-7-18-42(35,38)4)26-44-40(48)45-39(33-14-19-43-36-12-10-32(47-5)24-34(33)36)37-23-29-15-20-46(37)25-31(29)16-21-49-6/h8,10-12,14,19,22,24,27,29,31,37-39H,7,9,13,15-18,20-21,23,25-26H2,1-6H3,(H2,44,45,48)/t29?,31?,37?,38-,39-,41-,42+/m0/s1. The van der Waals surface area contributed by atoms with Crippen molar-refractivity contribution in [1.82, 2.24) is 20.5 Å². The van der Waals surface area contributed by atoms with Crippen molar-refractivity contribution in [2.45, 2.75) is 102 Å². The fraction of sp³-hybridized carbons (Fsp3) is 0.619. The van der Waals surface area contributed by atoms with Gasteiger partial charge in [0.1, 0.15) is 5.75 Å². The number of ether oxygens (including phenoxy) is 1. The highest BCUT2D eigenvalue weighted by atomic mass is 32.2. The predicted octanol–water partition coefficient (Wildman–Crippen LogP) is 9.05. The molecule has 0 amide bonds. The summed E-state index contributed by atoms with van der Waals surface area (Å²) in [6.07, 6.45) is 14.3. The maximum absolute atomic E-state index is 6.25. The predicted molar refractivity (Wildman–Crippen MR) is 211 cm³/mol. The molecule has 7 heteroatoms. The van der Waals surface area contributed by atoms with Crippen molar-refractivity contribution in [1.29, 1.82) is 0 Å². The van der Waals surface area contributed by atoms with E-state index in [2.05, 4.69) is 85.9 Å². The molecule has 4 fully saturated rings. The summed E-state index contributed by atoms with van der Waals surface area (Å²) in [4.78, 5) is 7.52. The van der Waals surface area contributed by atoms with E-state index >= 15 is 0 Å². The molecule has 264 valence electrons. The highest BCUT2D eigenvalue weighted by Gasteiger charge is 2.52. The van der Waals surface area contributed by atoms with Crippen LogP contribution in [0.2, 0.25) is 0 Å². The van der Waals surface area contributed by atoms with E-state index in [0.717, 1.165) is 40.1 Å². The van der Waals surface area contributed by atoms with Crippen LogP contribution in [0.5, 0.6) is 5.75 Å². The largest absolute Gasteiger partial charge is 0.497 e. The Morgan fingerprint density at radius 2 is 1.98 bits per heavy atom. The minimum absolute atomic E-state index is 0.0723. The number of fused-ring (bicyclic) bond motifs is 7. The van der Waals surface area contributed by atoms with E-state index in [1.165, 1.54) is 81.3 Å². The van der Waals surface area contributed by atoms with Crippen LogP contribution >= 0.6 is 24.0 Å². The third-order valence-corrected chi connectivity index (χ3v) is 14.3. The number of methoxy groups -OCH3 is 1. The summed E-state index contributed by atoms with van der Waals surface area (Å²) in [6, 6.07) is 16.3. The number of aryl methyl sites for hydroxylation is 1. The van der Waals surface area contributed by atoms with E-state index in [4.69, 9.17) is 21.9 Å². The molecule has 2 N–H and O–H groups in total. The zero-order valence-electron chi connectivity index (χ0n) is 30.7. The first kappa shape index (κ1) is 35.1. The molecule has 2 aliphatic carbocycles. The number of benzene rings is 2. The van der Waals surface area contributed by atoms with Crippen LogP contribution in [0.25, 0.3) is 10.9 Å². The van der Waals surface area contributed by atoms with Gasteiger partial charge in [0.05, 0.1) is 18.7 Å². The fourth-order valence-corrected chi connectivity index (χ4v) is 11.5. The second-order valence-electron chi connectivity index (χ2n) is 16.6. The minimum atomic E-state index is 0.0723. The molecule has 1 saturated carbocycles. The quantitative estimate of drug-likeness (QED) is 0.205. The van der Waals surface area contributed by atoms with E-state index in [0.29, 0.717) is 17.9 Å². The highest BCUT2D eigenvalue weighted by molar-refractivity contribution is 7.98. The van der Waals surface area contributed by atoms with Crippen molar-refractivity contribution in [2.24, 2.45) is 23.2 Å². The maximum atomic E-state index is 6.25. The van der Waals surface area contributed by atoms with Crippen molar-refractivity contribution >= 4 is 40.0 Å². The zero-order valence-corrected chi connectivity index (χ0v) is 32.3. The van der Waals surface area contributed by atoms with Gasteiger partial charge in [0.25, 0.3) is 0 Å². The van der Waals surface area contributed by atoms with Crippen LogP contribution in [-0.2, 0) is 11.8 Å². The number of nitrogens with one attached hydrogen (secondary N) is 2. The van der Waals surface area contributed by atoms with Gasteiger partial charge in [0.15, 0.2) is 5.11 Å². The Kier molecular flexibility index (Phi) is 10.3. The SMILES string of the molecule is COc1ccc2nccc([C@H](NC(=S)NC[C@]3(C)CCC[C@]4(C)c5ccc(C(C)C)cc5CC[C@@H]34)C3CC4CCN3CC4CCSC)c2c1. The minimum Gasteiger partial charge on any atom is -0.497 e. The molecule has 8 rings (SSSR count). The van der Waals surface area contributed by atoms with Crippen molar-refractivity contribution in [3.05, 3.63) is 70.9 Å². The average molecular weight is 699 g/mol. The van der Waals surface area contributed by atoms with Crippen LogP contribution in [-0.4, -0.2) is 59.8 Å². The number of pyridine rings is 1. The van der Waals surface area contributed by atoms with E-state index in [1.807, 2.05) is 24.0 Å². The van der Waals surface area contributed by atoms with Gasteiger partial charge >= 0.3 is 0 Å². The molecule has 2 bridgehead atoms. The zero-order chi connectivity index (χ0) is 34.3. The van der Waals surface area contributed by atoms with E-state index in [9.17, 15) is 0 Å². The highest BCUT2D eigenvalue weighted by Crippen LogP contribution is 2.57. The Bertz CT molecular complexity index is 1660. The average Bonchev–Trinajstić information content (AvgIpc) is 3.11. The fourth-order valence-electron chi connectivity index (χ4n) is 10.7. The molecule has 4 heterocycles. The van der Waals surface area contributed by atoms with Crippen molar-refractivity contribution < 1.29 is 4.74 Å². The van der Waals surface area contributed by atoms with E-state index < -0.39 is 0 Å². The van der Waals surface area contributed by atoms with Gasteiger partial charge in [-0.25, -0.2) is 0 Å². The van der Waals surface area contributed by atoms with Gasteiger partial charge in [-0.05, 0) is 157 Å². The second kappa shape index (κ2) is 14.3. The lowest BCUT2D eigenvalue weighted by Crippen LogP contribution is -2.59. The molecule has 2 aromatic carbocycles. The number of nitrogens with zero attached hydrogens (tertiary/aromatic N) is 2. The van der Waals surface area contributed by atoms with Crippen LogP contribution < -0.4 is 15.4 Å². The third-order valence-electron chi connectivity index (χ3n) is 13.4. The number of rotatable bonds is 10. The normalized spacial score (nSPS) is 31.2. The van der Waals surface area contributed by atoms with Gasteiger partial charge in [0, 0.05) is 30.7 Å². The first-order valence-electron chi connectivity index (χ1n) is 19.0. The molecule has 4 unspecified atom stereocenters. The molecular weight excluding hydrogens is 641 g/mol. The number of thioether (sulfide) groups is 1. The summed E-state index contributed by atoms with van der Waals surface area (Å²) < 4.78 is 5.69. The van der Waals surface area contributed by atoms with Crippen molar-refractivity contribution in [3.8, 4) is 5.75 Å². The third kappa shape index (κ3) is 6.73. The van der Waals surface area contributed by atoms with Crippen LogP contribution in [0.15, 0.2) is 48.7 Å². The molecule has 0 spiro atoms. The number of aromatic nitrogens is 1. The van der Waals surface area contributed by atoms with Crippen LogP contribution in [0.1, 0.15) is 107 Å². The first-order valence-corrected chi connectivity index (χ1v) is 20.8. The number of piperidine rings is 3. The monoisotopic (exact) mass is 698 g/mol.